The molecule has 1 N–H and O–H groups in total. The predicted octanol–water partition coefficient (Wildman–Crippen LogP) is 6.55. The lowest BCUT2D eigenvalue weighted by Gasteiger charge is -2.26. The van der Waals surface area contributed by atoms with Crippen molar-refractivity contribution < 1.29 is 9.34 Å². The fourth-order valence-corrected chi connectivity index (χ4v) is 4.70. The summed E-state index contributed by atoms with van der Waals surface area (Å²) in [5.74, 6) is 1.77. The summed E-state index contributed by atoms with van der Waals surface area (Å²) >= 11 is 5.78. The zero-order valence-corrected chi connectivity index (χ0v) is 20.1. The quantitative estimate of drug-likeness (QED) is 0.189. The molecule has 176 valence electrons. The first kappa shape index (κ1) is 22.7. The summed E-state index contributed by atoms with van der Waals surface area (Å²) in [5, 5.41) is 15.0. The van der Waals surface area contributed by atoms with Gasteiger partial charge in [0.25, 0.3) is 5.69 Å². The van der Waals surface area contributed by atoms with Crippen molar-refractivity contribution >= 4 is 28.7 Å². The number of nitrogens with one attached hydrogen (secondary N) is 1. The van der Waals surface area contributed by atoms with Crippen LogP contribution in [0.3, 0.4) is 0 Å². The van der Waals surface area contributed by atoms with E-state index in [0.717, 1.165) is 16.9 Å². The predicted molar refractivity (Wildman–Crippen MR) is 139 cm³/mol. The number of nitrogens with zero attached hydrogens (tertiary/aromatic N) is 3. The van der Waals surface area contributed by atoms with E-state index in [1.54, 1.807) is 18.3 Å². The number of pyridine rings is 1. The average molecular weight is 485 g/mol. The van der Waals surface area contributed by atoms with Gasteiger partial charge in [-0.15, -0.1) is 0 Å². The first-order valence-electron chi connectivity index (χ1n) is 11.4. The lowest BCUT2D eigenvalue weighted by atomic mass is 10.0. The molecule has 0 bridgehead atoms. The smallest absolute Gasteiger partial charge is 0.269 e. The van der Waals surface area contributed by atoms with Crippen LogP contribution in [-0.2, 0) is 0 Å². The molecule has 8 heteroatoms. The van der Waals surface area contributed by atoms with Gasteiger partial charge in [0.05, 0.1) is 16.7 Å². The molecule has 0 radical (unpaired) electrons. The summed E-state index contributed by atoms with van der Waals surface area (Å²) in [7, 11) is 0. The normalized spacial score (nSPS) is 17.6. The van der Waals surface area contributed by atoms with E-state index < -0.39 is 4.92 Å². The summed E-state index contributed by atoms with van der Waals surface area (Å²) in [4.78, 5) is 17.2. The van der Waals surface area contributed by atoms with Gasteiger partial charge < -0.3 is 14.6 Å². The summed E-state index contributed by atoms with van der Waals surface area (Å²) in [6, 6.07) is 23.9. The topological polar surface area (TPSA) is 84.4 Å². The van der Waals surface area contributed by atoms with Crippen LogP contribution >= 0.6 is 12.2 Å². The van der Waals surface area contributed by atoms with Crippen molar-refractivity contribution in [3.8, 4) is 11.3 Å². The number of nitro benzene ring substituents is 1. The lowest BCUT2D eigenvalue weighted by Crippen LogP contribution is -2.29. The van der Waals surface area contributed by atoms with Gasteiger partial charge >= 0.3 is 0 Å². The van der Waals surface area contributed by atoms with Crippen LogP contribution in [0.5, 0.6) is 0 Å². The number of thiocarbonyl (C=S) groups is 1. The van der Waals surface area contributed by atoms with E-state index >= 15 is 0 Å². The SMILES string of the molecule is CC(C)c1ccc(N2C(=S)N[C@H](c3ccccn3)[C@H]2c2ccc(-c3ccc([N+](=O)[O-])cc3)o2)cc1. The van der Waals surface area contributed by atoms with E-state index in [0.29, 0.717) is 22.6 Å². The van der Waals surface area contributed by atoms with E-state index in [9.17, 15) is 10.1 Å². The second-order valence-electron chi connectivity index (χ2n) is 8.75. The summed E-state index contributed by atoms with van der Waals surface area (Å²) in [6.45, 7) is 4.33. The fraction of sp³-hybridized carbons (Fsp3) is 0.185. The van der Waals surface area contributed by atoms with E-state index in [2.05, 4.69) is 53.3 Å². The first-order valence-corrected chi connectivity index (χ1v) is 11.8. The zero-order valence-electron chi connectivity index (χ0n) is 19.3. The Kier molecular flexibility index (Phi) is 6.05. The van der Waals surface area contributed by atoms with Crippen molar-refractivity contribution in [2.75, 3.05) is 4.90 Å². The largest absolute Gasteiger partial charge is 0.459 e. The highest BCUT2D eigenvalue weighted by molar-refractivity contribution is 7.80. The minimum absolute atomic E-state index is 0.0390. The molecule has 0 amide bonds. The molecule has 0 saturated carbocycles. The number of benzene rings is 2. The number of nitro groups is 1. The van der Waals surface area contributed by atoms with Crippen LogP contribution in [0.4, 0.5) is 11.4 Å². The molecule has 4 aromatic rings. The average Bonchev–Trinajstić information content (AvgIpc) is 3.49. The van der Waals surface area contributed by atoms with Crippen molar-refractivity contribution in [1.82, 2.24) is 10.3 Å². The Hall–Kier alpha value is -4.04. The molecule has 3 heterocycles. The molecular formula is C27H24N4O3S. The van der Waals surface area contributed by atoms with Crippen LogP contribution in [0.2, 0.25) is 0 Å². The Morgan fingerprint density at radius 2 is 1.77 bits per heavy atom. The second kappa shape index (κ2) is 9.31. The minimum atomic E-state index is -0.414. The maximum Gasteiger partial charge on any atom is 0.269 e. The second-order valence-corrected chi connectivity index (χ2v) is 9.14. The van der Waals surface area contributed by atoms with Gasteiger partial charge in [-0.25, -0.2) is 0 Å². The third-order valence-electron chi connectivity index (χ3n) is 6.22. The molecule has 2 atom stereocenters. The Morgan fingerprint density at radius 3 is 2.40 bits per heavy atom. The standard InChI is InChI=1S/C27H24N4O3S/c1-17(2)18-6-10-20(11-7-18)30-26(25(29-27(30)35)22-5-3-4-16-28-22)24-15-14-23(34-24)19-8-12-21(13-9-19)31(32)33/h3-17,25-26H,1-2H3,(H,29,35)/t25-,26-/m1/s1. The van der Waals surface area contributed by atoms with E-state index in [1.807, 2.05) is 30.3 Å². The number of anilines is 1. The van der Waals surface area contributed by atoms with Gasteiger partial charge in [0.2, 0.25) is 0 Å². The number of non-ortho nitro benzene ring substituents is 1. The molecule has 0 aliphatic carbocycles. The summed E-state index contributed by atoms with van der Waals surface area (Å²) in [6.07, 6.45) is 1.77. The Bertz CT molecular complexity index is 1350. The molecule has 1 aliphatic rings. The molecule has 1 aliphatic heterocycles. The number of hydrogen-bond donors (Lipinski definition) is 1. The minimum Gasteiger partial charge on any atom is -0.459 e. The van der Waals surface area contributed by atoms with E-state index in [4.69, 9.17) is 16.6 Å². The van der Waals surface area contributed by atoms with E-state index in [1.165, 1.54) is 17.7 Å². The monoisotopic (exact) mass is 484 g/mol. The molecular weight excluding hydrogens is 460 g/mol. The molecule has 1 saturated heterocycles. The number of furan rings is 1. The third kappa shape index (κ3) is 4.40. The van der Waals surface area contributed by atoms with Gasteiger partial charge in [-0.2, -0.15) is 0 Å². The van der Waals surface area contributed by atoms with Crippen LogP contribution in [0, 0.1) is 10.1 Å². The van der Waals surface area contributed by atoms with Crippen molar-refractivity contribution in [3.05, 3.63) is 112 Å². The fourth-order valence-electron chi connectivity index (χ4n) is 4.36. The zero-order chi connectivity index (χ0) is 24.5. The van der Waals surface area contributed by atoms with Crippen molar-refractivity contribution in [2.45, 2.75) is 31.8 Å². The van der Waals surface area contributed by atoms with Gasteiger partial charge in [0.15, 0.2) is 5.11 Å². The molecule has 7 nitrogen and oxygen atoms in total. The van der Waals surface area contributed by atoms with Gasteiger partial charge in [-0.1, -0.05) is 32.0 Å². The van der Waals surface area contributed by atoms with Gasteiger partial charge in [-0.05, 0) is 72.2 Å². The molecule has 0 unspecified atom stereocenters. The first-order chi connectivity index (χ1) is 16.9. The van der Waals surface area contributed by atoms with Crippen LogP contribution in [-0.4, -0.2) is 15.0 Å². The molecule has 1 fully saturated rings. The molecule has 5 rings (SSSR count). The highest BCUT2D eigenvalue weighted by Crippen LogP contribution is 2.43. The van der Waals surface area contributed by atoms with E-state index in [-0.39, 0.29) is 17.8 Å². The van der Waals surface area contributed by atoms with Crippen LogP contribution < -0.4 is 10.2 Å². The van der Waals surface area contributed by atoms with Crippen LogP contribution in [0.25, 0.3) is 11.3 Å². The molecule has 0 spiro atoms. The van der Waals surface area contributed by atoms with Crippen LogP contribution in [0.1, 0.15) is 48.9 Å². The van der Waals surface area contributed by atoms with Crippen molar-refractivity contribution in [3.63, 3.8) is 0 Å². The number of aromatic nitrogens is 1. The maximum atomic E-state index is 11.0. The Morgan fingerprint density at radius 1 is 1.03 bits per heavy atom. The number of rotatable bonds is 6. The van der Waals surface area contributed by atoms with Crippen LogP contribution in [0.15, 0.2) is 89.5 Å². The third-order valence-corrected chi connectivity index (χ3v) is 6.53. The molecule has 35 heavy (non-hydrogen) atoms. The van der Waals surface area contributed by atoms with Gasteiger partial charge in [-0.3, -0.25) is 15.1 Å². The highest BCUT2D eigenvalue weighted by Gasteiger charge is 2.42. The Labute approximate surface area is 208 Å². The summed E-state index contributed by atoms with van der Waals surface area (Å²) in [5.41, 5.74) is 3.87. The Balaban J connectivity index is 1.55. The molecule has 2 aromatic heterocycles. The molecule has 2 aromatic carbocycles. The van der Waals surface area contributed by atoms with Gasteiger partial charge in [0, 0.05) is 29.6 Å². The van der Waals surface area contributed by atoms with Gasteiger partial charge in [0.1, 0.15) is 17.6 Å². The van der Waals surface area contributed by atoms with Crippen molar-refractivity contribution in [2.24, 2.45) is 0 Å². The summed E-state index contributed by atoms with van der Waals surface area (Å²) < 4.78 is 6.33. The number of hydrogen-bond acceptors (Lipinski definition) is 5. The highest BCUT2D eigenvalue weighted by atomic mass is 32.1. The maximum absolute atomic E-state index is 11.0. The van der Waals surface area contributed by atoms with Crippen molar-refractivity contribution in [1.29, 1.82) is 0 Å². The lowest BCUT2D eigenvalue weighted by molar-refractivity contribution is -0.384.